The SMILES string of the molecule is COc1cc(C(=O)N(C)Cc2noc(C)n2)ccc1OC1CCN(C)CC1. The molecule has 1 aliphatic heterocycles. The van der Waals surface area contributed by atoms with Gasteiger partial charge in [-0.3, -0.25) is 4.79 Å². The van der Waals surface area contributed by atoms with Gasteiger partial charge in [0.05, 0.1) is 13.7 Å². The monoisotopic (exact) mass is 374 g/mol. The summed E-state index contributed by atoms with van der Waals surface area (Å²) in [5.74, 6) is 2.02. The number of aryl methyl sites for hydroxylation is 1. The van der Waals surface area contributed by atoms with E-state index in [1.807, 2.05) is 0 Å². The number of benzene rings is 1. The van der Waals surface area contributed by atoms with Gasteiger partial charge in [0.15, 0.2) is 17.3 Å². The third kappa shape index (κ3) is 4.77. The lowest BCUT2D eigenvalue weighted by Gasteiger charge is -2.29. The molecule has 1 aliphatic rings. The average Bonchev–Trinajstić information content (AvgIpc) is 3.08. The molecule has 0 saturated carbocycles. The number of ether oxygens (including phenoxy) is 2. The molecule has 0 aliphatic carbocycles. The Morgan fingerprint density at radius 3 is 2.70 bits per heavy atom. The van der Waals surface area contributed by atoms with E-state index in [9.17, 15) is 4.79 Å². The van der Waals surface area contributed by atoms with E-state index in [-0.39, 0.29) is 18.6 Å². The summed E-state index contributed by atoms with van der Waals surface area (Å²) in [4.78, 5) is 20.7. The Bertz CT molecular complexity index is 784. The summed E-state index contributed by atoms with van der Waals surface area (Å²) < 4.78 is 16.5. The van der Waals surface area contributed by atoms with Crippen LogP contribution in [0.4, 0.5) is 0 Å². The van der Waals surface area contributed by atoms with Gasteiger partial charge in [-0.25, -0.2) is 0 Å². The molecule has 8 heteroatoms. The third-order valence-corrected chi connectivity index (χ3v) is 4.66. The highest BCUT2D eigenvalue weighted by molar-refractivity contribution is 5.94. The smallest absolute Gasteiger partial charge is 0.254 e. The molecule has 0 N–H and O–H groups in total. The number of amides is 1. The Morgan fingerprint density at radius 1 is 1.33 bits per heavy atom. The Labute approximate surface area is 159 Å². The van der Waals surface area contributed by atoms with Crippen LogP contribution in [0.3, 0.4) is 0 Å². The molecule has 3 rings (SSSR count). The van der Waals surface area contributed by atoms with Gasteiger partial charge in [-0.05, 0) is 38.1 Å². The summed E-state index contributed by atoms with van der Waals surface area (Å²) in [5.41, 5.74) is 0.519. The van der Waals surface area contributed by atoms with Crippen LogP contribution >= 0.6 is 0 Å². The van der Waals surface area contributed by atoms with Crippen molar-refractivity contribution in [1.82, 2.24) is 19.9 Å². The van der Waals surface area contributed by atoms with Crippen molar-refractivity contribution in [2.24, 2.45) is 0 Å². The van der Waals surface area contributed by atoms with Gasteiger partial charge in [0, 0.05) is 32.6 Å². The minimum atomic E-state index is -0.151. The predicted octanol–water partition coefficient (Wildman–Crippen LogP) is 2.13. The van der Waals surface area contributed by atoms with Crippen molar-refractivity contribution in [1.29, 1.82) is 0 Å². The topological polar surface area (TPSA) is 80.9 Å². The largest absolute Gasteiger partial charge is 0.493 e. The van der Waals surface area contributed by atoms with Crippen molar-refractivity contribution in [2.45, 2.75) is 32.4 Å². The quantitative estimate of drug-likeness (QED) is 0.766. The second-order valence-electron chi connectivity index (χ2n) is 6.88. The van der Waals surface area contributed by atoms with Crippen LogP contribution in [-0.4, -0.2) is 66.2 Å². The fraction of sp³-hybridized carbons (Fsp3) is 0.526. The molecule has 1 amide bonds. The molecule has 0 atom stereocenters. The number of nitrogens with zero attached hydrogens (tertiary/aromatic N) is 4. The Kier molecular flexibility index (Phi) is 5.95. The van der Waals surface area contributed by atoms with Gasteiger partial charge in [0.2, 0.25) is 5.89 Å². The van der Waals surface area contributed by atoms with Gasteiger partial charge in [-0.2, -0.15) is 4.98 Å². The fourth-order valence-electron chi connectivity index (χ4n) is 3.09. The summed E-state index contributed by atoms with van der Waals surface area (Å²) in [5, 5.41) is 3.82. The van der Waals surface area contributed by atoms with Crippen LogP contribution in [0.2, 0.25) is 0 Å². The maximum Gasteiger partial charge on any atom is 0.254 e. The Morgan fingerprint density at radius 2 is 2.07 bits per heavy atom. The van der Waals surface area contributed by atoms with Crippen molar-refractivity contribution >= 4 is 5.91 Å². The number of piperidine rings is 1. The average molecular weight is 374 g/mol. The van der Waals surface area contributed by atoms with Gasteiger partial charge < -0.3 is 23.8 Å². The lowest BCUT2D eigenvalue weighted by atomic mass is 10.1. The van der Waals surface area contributed by atoms with Gasteiger partial charge in [0.25, 0.3) is 5.91 Å². The number of likely N-dealkylation sites (tertiary alicyclic amines) is 1. The normalized spacial score (nSPS) is 15.6. The molecular weight excluding hydrogens is 348 g/mol. The number of hydrogen-bond donors (Lipinski definition) is 0. The molecule has 1 fully saturated rings. The van der Waals surface area contributed by atoms with Crippen LogP contribution in [0.1, 0.15) is 34.9 Å². The van der Waals surface area contributed by atoms with Gasteiger partial charge in [0.1, 0.15) is 6.10 Å². The Balaban J connectivity index is 1.68. The van der Waals surface area contributed by atoms with E-state index >= 15 is 0 Å². The van der Waals surface area contributed by atoms with Crippen LogP contribution in [0.5, 0.6) is 11.5 Å². The van der Waals surface area contributed by atoms with Crippen molar-refractivity contribution in [3.63, 3.8) is 0 Å². The summed E-state index contributed by atoms with van der Waals surface area (Å²) >= 11 is 0. The third-order valence-electron chi connectivity index (χ3n) is 4.66. The molecule has 1 saturated heterocycles. The highest BCUT2D eigenvalue weighted by Gasteiger charge is 2.21. The predicted molar refractivity (Wildman–Crippen MR) is 99.0 cm³/mol. The molecule has 27 heavy (non-hydrogen) atoms. The summed E-state index contributed by atoms with van der Waals surface area (Å²) in [6, 6.07) is 5.27. The molecular formula is C19H26N4O4. The zero-order valence-electron chi connectivity index (χ0n) is 16.3. The number of hydrogen-bond acceptors (Lipinski definition) is 7. The van der Waals surface area contributed by atoms with Crippen LogP contribution in [0.25, 0.3) is 0 Å². The zero-order valence-corrected chi connectivity index (χ0v) is 16.3. The first-order valence-corrected chi connectivity index (χ1v) is 9.04. The van der Waals surface area contributed by atoms with Gasteiger partial charge in [-0.1, -0.05) is 5.16 Å². The first-order chi connectivity index (χ1) is 13.0. The van der Waals surface area contributed by atoms with E-state index in [4.69, 9.17) is 14.0 Å². The summed E-state index contributed by atoms with van der Waals surface area (Å²) in [6.45, 7) is 4.02. The van der Waals surface area contributed by atoms with Crippen LogP contribution in [0.15, 0.2) is 22.7 Å². The van der Waals surface area contributed by atoms with Gasteiger partial charge >= 0.3 is 0 Å². The lowest BCUT2D eigenvalue weighted by Crippen LogP contribution is -2.35. The highest BCUT2D eigenvalue weighted by Crippen LogP contribution is 2.31. The van der Waals surface area contributed by atoms with E-state index < -0.39 is 0 Å². The summed E-state index contributed by atoms with van der Waals surface area (Å²) in [7, 11) is 5.39. The molecule has 0 bridgehead atoms. The number of methoxy groups -OCH3 is 1. The second kappa shape index (κ2) is 8.39. The lowest BCUT2D eigenvalue weighted by molar-refractivity contribution is 0.0780. The van der Waals surface area contributed by atoms with E-state index in [1.165, 1.54) is 4.90 Å². The number of aromatic nitrogens is 2. The number of rotatable bonds is 6. The van der Waals surface area contributed by atoms with Crippen LogP contribution in [-0.2, 0) is 6.54 Å². The minimum Gasteiger partial charge on any atom is -0.493 e. The van der Waals surface area contributed by atoms with Crippen LogP contribution < -0.4 is 9.47 Å². The van der Waals surface area contributed by atoms with E-state index in [1.54, 1.807) is 39.3 Å². The minimum absolute atomic E-state index is 0.151. The highest BCUT2D eigenvalue weighted by atomic mass is 16.5. The van der Waals surface area contributed by atoms with Crippen LogP contribution in [0, 0.1) is 6.92 Å². The van der Waals surface area contributed by atoms with E-state index in [2.05, 4.69) is 22.1 Å². The summed E-state index contributed by atoms with van der Waals surface area (Å²) in [6.07, 6.45) is 2.13. The molecule has 1 aromatic heterocycles. The van der Waals surface area contributed by atoms with Crippen molar-refractivity contribution in [2.75, 3.05) is 34.3 Å². The maximum absolute atomic E-state index is 12.7. The molecule has 1 aromatic carbocycles. The van der Waals surface area contributed by atoms with Crippen molar-refractivity contribution in [3.8, 4) is 11.5 Å². The maximum atomic E-state index is 12.7. The van der Waals surface area contributed by atoms with Gasteiger partial charge in [-0.15, -0.1) is 0 Å². The molecule has 2 aromatic rings. The van der Waals surface area contributed by atoms with Crippen molar-refractivity contribution in [3.05, 3.63) is 35.5 Å². The first-order valence-electron chi connectivity index (χ1n) is 9.04. The number of carbonyl (C=O) groups is 1. The Hall–Kier alpha value is -2.61. The molecule has 0 spiro atoms. The molecule has 146 valence electrons. The molecule has 0 radical (unpaired) electrons. The first kappa shape index (κ1) is 19.2. The van der Waals surface area contributed by atoms with Crippen molar-refractivity contribution < 1.29 is 18.8 Å². The van der Waals surface area contributed by atoms with E-state index in [0.29, 0.717) is 28.8 Å². The number of carbonyl (C=O) groups excluding carboxylic acids is 1. The zero-order chi connectivity index (χ0) is 19.4. The fourth-order valence-corrected chi connectivity index (χ4v) is 3.09. The molecule has 8 nitrogen and oxygen atoms in total. The molecule has 2 heterocycles. The molecule has 0 unspecified atom stereocenters. The second-order valence-corrected chi connectivity index (χ2v) is 6.88. The standard InChI is InChI=1S/C19H26N4O4/c1-13-20-18(21-27-13)12-23(3)19(24)14-5-6-16(17(11-14)25-4)26-15-7-9-22(2)10-8-15/h5-6,11,15H,7-10,12H2,1-4H3. The van der Waals surface area contributed by atoms with E-state index in [0.717, 1.165) is 25.9 Å².